The third-order valence-corrected chi connectivity index (χ3v) is 3.58. The zero-order valence-electron chi connectivity index (χ0n) is 9.74. The van der Waals surface area contributed by atoms with E-state index in [0.717, 1.165) is 0 Å². The lowest BCUT2D eigenvalue weighted by atomic mass is 10.1. The maximum Gasteiger partial charge on any atom is 0.255 e. The van der Waals surface area contributed by atoms with Crippen molar-refractivity contribution in [2.75, 3.05) is 13.1 Å². The van der Waals surface area contributed by atoms with Gasteiger partial charge in [0.05, 0.1) is 5.56 Å². The van der Waals surface area contributed by atoms with Crippen LogP contribution in [0.15, 0.2) is 22.7 Å². The largest absolute Gasteiger partial charge is 0.353 e. The van der Waals surface area contributed by atoms with Crippen molar-refractivity contribution >= 4 is 27.7 Å². The second kappa shape index (κ2) is 5.06. The highest BCUT2D eigenvalue weighted by Gasteiger charge is 2.30. The van der Waals surface area contributed by atoms with Crippen molar-refractivity contribution in [2.45, 2.75) is 13.0 Å². The minimum atomic E-state index is -0.511. The fourth-order valence-electron chi connectivity index (χ4n) is 1.88. The summed E-state index contributed by atoms with van der Waals surface area (Å²) in [6, 6.07) is 3.37. The molecule has 6 heteroatoms. The lowest BCUT2D eigenvalue weighted by Gasteiger charge is -2.33. The lowest BCUT2D eigenvalue weighted by Crippen LogP contribution is -2.55. The number of carbonyl (C=O) groups is 2. The van der Waals surface area contributed by atoms with Gasteiger partial charge in [0, 0.05) is 17.6 Å². The van der Waals surface area contributed by atoms with Crippen LogP contribution in [0.3, 0.4) is 0 Å². The first kappa shape index (κ1) is 13.0. The van der Waals surface area contributed by atoms with Gasteiger partial charge in [0.25, 0.3) is 5.91 Å². The van der Waals surface area contributed by atoms with Gasteiger partial charge in [-0.2, -0.15) is 0 Å². The second-order valence-corrected chi connectivity index (χ2v) is 4.94. The van der Waals surface area contributed by atoms with Crippen LogP contribution in [0, 0.1) is 5.82 Å². The fraction of sp³-hybridized carbons (Fsp3) is 0.333. The number of nitrogens with one attached hydrogen (secondary N) is 1. The Kier molecular flexibility index (Phi) is 3.65. The second-order valence-electron chi connectivity index (χ2n) is 4.09. The van der Waals surface area contributed by atoms with Crippen molar-refractivity contribution in [3.8, 4) is 0 Å². The van der Waals surface area contributed by atoms with Gasteiger partial charge in [0.15, 0.2) is 0 Å². The van der Waals surface area contributed by atoms with Crippen LogP contribution < -0.4 is 5.32 Å². The molecule has 1 aromatic rings. The Morgan fingerprint density at radius 3 is 2.94 bits per heavy atom. The zero-order chi connectivity index (χ0) is 13.3. The summed E-state index contributed by atoms with van der Waals surface area (Å²) in [6.45, 7) is 2.56. The van der Waals surface area contributed by atoms with Crippen LogP contribution in [-0.4, -0.2) is 35.8 Å². The summed E-state index contributed by atoms with van der Waals surface area (Å²) >= 11 is 3.16. The Morgan fingerprint density at radius 2 is 2.28 bits per heavy atom. The minimum Gasteiger partial charge on any atom is -0.353 e. The topological polar surface area (TPSA) is 49.4 Å². The smallest absolute Gasteiger partial charge is 0.255 e. The molecule has 0 bridgehead atoms. The van der Waals surface area contributed by atoms with Crippen molar-refractivity contribution in [1.29, 1.82) is 0 Å². The number of benzene rings is 1. The molecule has 96 valence electrons. The molecule has 1 heterocycles. The maximum atomic E-state index is 13.0. The van der Waals surface area contributed by atoms with E-state index in [1.165, 1.54) is 23.1 Å². The SMILES string of the molecule is CC1C(=O)NCCN1C(=O)c1ccc(F)cc1Br. The first-order valence-electron chi connectivity index (χ1n) is 5.54. The third-order valence-electron chi connectivity index (χ3n) is 2.92. The van der Waals surface area contributed by atoms with E-state index in [-0.39, 0.29) is 11.8 Å². The average molecular weight is 315 g/mol. The van der Waals surface area contributed by atoms with Crippen molar-refractivity contribution in [1.82, 2.24) is 10.2 Å². The molecule has 1 atom stereocenters. The molecule has 1 aliphatic heterocycles. The van der Waals surface area contributed by atoms with Crippen LogP contribution in [0.1, 0.15) is 17.3 Å². The molecule has 0 aromatic heterocycles. The van der Waals surface area contributed by atoms with Gasteiger partial charge >= 0.3 is 0 Å². The highest BCUT2D eigenvalue weighted by molar-refractivity contribution is 9.10. The zero-order valence-corrected chi connectivity index (χ0v) is 11.3. The summed E-state index contributed by atoms with van der Waals surface area (Å²) in [5.41, 5.74) is 0.359. The molecule has 1 unspecified atom stereocenters. The highest BCUT2D eigenvalue weighted by Crippen LogP contribution is 2.21. The normalized spacial score (nSPS) is 19.6. The summed E-state index contributed by atoms with van der Waals surface area (Å²) in [5.74, 6) is -0.861. The summed E-state index contributed by atoms with van der Waals surface area (Å²) < 4.78 is 13.4. The first-order valence-corrected chi connectivity index (χ1v) is 6.33. The van der Waals surface area contributed by atoms with Crippen LogP contribution >= 0.6 is 15.9 Å². The Morgan fingerprint density at radius 1 is 1.56 bits per heavy atom. The molecule has 2 rings (SSSR count). The molecule has 0 radical (unpaired) electrons. The number of halogens is 2. The molecule has 1 N–H and O–H groups in total. The number of amides is 2. The van der Waals surface area contributed by atoms with E-state index >= 15 is 0 Å². The monoisotopic (exact) mass is 314 g/mol. The van der Waals surface area contributed by atoms with Crippen LogP contribution in [0.5, 0.6) is 0 Å². The van der Waals surface area contributed by atoms with Gasteiger partial charge in [-0.1, -0.05) is 0 Å². The molecule has 1 aliphatic rings. The average Bonchev–Trinajstić information content (AvgIpc) is 2.32. The molecule has 1 aromatic carbocycles. The van der Waals surface area contributed by atoms with E-state index in [1.807, 2.05) is 0 Å². The van der Waals surface area contributed by atoms with Gasteiger partial charge in [-0.05, 0) is 41.1 Å². The van der Waals surface area contributed by atoms with Crippen LogP contribution in [0.4, 0.5) is 4.39 Å². The van der Waals surface area contributed by atoms with Crippen LogP contribution in [0.25, 0.3) is 0 Å². The molecule has 18 heavy (non-hydrogen) atoms. The van der Waals surface area contributed by atoms with Crippen molar-refractivity contribution in [3.63, 3.8) is 0 Å². The Bertz CT molecular complexity index is 507. The van der Waals surface area contributed by atoms with Gasteiger partial charge < -0.3 is 10.2 Å². The molecule has 0 aliphatic carbocycles. The van der Waals surface area contributed by atoms with E-state index in [2.05, 4.69) is 21.2 Å². The van der Waals surface area contributed by atoms with Crippen LogP contribution in [0.2, 0.25) is 0 Å². The van der Waals surface area contributed by atoms with Gasteiger partial charge in [-0.25, -0.2) is 4.39 Å². The summed E-state index contributed by atoms with van der Waals surface area (Å²) in [7, 11) is 0. The van der Waals surface area contributed by atoms with Gasteiger partial charge in [0.2, 0.25) is 5.91 Å². The number of hydrogen-bond acceptors (Lipinski definition) is 2. The molecule has 2 amide bonds. The van der Waals surface area contributed by atoms with E-state index in [9.17, 15) is 14.0 Å². The molecule has 0 spiro atoms. The molecule has 1 saturated heterocycles. The van der Waals surface area contributed by atoms with Crippen molar-refractivity contribution in [2.24, 2.45) is 0 Å². The van der Waals surface area contributed by atoms with Crippen LogP contribution in [-0.2, 0) is 4.79 Å². The first-order chi connectivity index (χ1) is 8.50. The van der Waals surface area contributed by atoms with E-state index < -0.39 is 11.9 Å². The summed E-state index contributed by atoms with van der Waals surface area (Å²) in [6.07, 6.45) is 0. The van der Waals surface area contributed by atoms with Gasteiger partial charge in [0.1, 0.15) is 11.9 Å². The third kappa shape index (κ3) is 2.38. The number of carbonyl (C=O) groups excluding carboxylic acids is 2. The molecule has 0 saturated carbocycles. The van der Waals surface area contributed by atoms with E-state index in [4.69, 9.17) is 0 Å². The van der Waals surface area contributed by atoms with E-state index in [0.29, 0.717) is 23.1 Å². The Labute approximate surface area is 112 Å². The molecule has 4 nitrogen and oxygen atoms in total. The number of hydrogen-bond donors (Lipinski definition) is 1. The highest BCUT2D eigenvalue weighted by atomic mass is 79.9. The summed E-state index contributed by atoms with van der Waals surface area (Å²) in [4.78, 5) is 25.3. The Balaban J connectivity index is 2.28. The number of nitrogens with zero attached hydrogens (tertiary/aromatic N) is 1. The predicted octanol–water partition coefficient (Wildman–Crippen LogP) is 1.55. The fourth-order valence-corrected chi connectivity index (χ4v) is 2.40. The van der Waals surface area contributed by atoms with Gasteiger partial charge in [-0.15, -0.1) is 0 Å². The van der Waals surface area contributed by atoms with Crippen molar-refractivity contribution in [3.05, 3.63) is 34.1 Å². The lowest BCUT2D eigenvalue weighted by molar-refractivity contribution is -0.127. The minimum absolute atomic E-state index is 0.173. The predicted molar refractivity (Wildman–Crippen MR) is 67.6 cm³/mol. The molecular formula is C12H12BrFN2O2. The number of rotatable bonds is 1. The van der Waals surface area contributed by atoms with E-state index in [1.54, 1.807) is 6.92 Å². The van der Waals surface area contributed by atoms with Crippen molar-refractivity contribution < 1.29 is 14.0 Å². The quantitative estimate of drug-likeness (QED) is 0.855. The number of piperazine rings is 1. The summed E-state index contributed by atoms with van der Waals surface area (Å²) in [5, 5.41) is 2.69. The molecular weight excluding hydrogens is 303 g/mol. The Hall–Kier alpha value is -1.43. The molecule has 1 fully saturated rings. The standard InChI is InChI=1S/C12H12BrFN2O2/c1-7-11(17)15-4-5-16(7)12(18)9-3-2-8(14)6-10(9)13/h2-3,6-7H,4-5H2,1H3,(H,15,17). The van der Waals surface area contributed by atoms with Gasteiger partial charge in [-0.3, -0.25) is 9.59 Å². The maximum absolute atomic E-state index is 13.0.